The molecular weight excluding hydrogens is 244 g/mol. The first-order valence-corrected chi connectivity index (χ1v) is 7.44. The summed E-state index contributed by atoms with van der Waals surface area (Å²) in [5, 5.41) is 1.19. The number of hydrogen-bond acceptors (Lipinski definition) is 2. The summed E-state index contributed by atoms with van der Waals surface area (Å²) in [6.07, 6.45) is 0.863. The summed E-state index contributed by atoms with van der Waals surface area (Å²) in [5.74, 6) is 0.572. The highest BCUT2D eigenvalue weighted by Gasteiger charge is 2.66. The Kier molecular flexibility index (Phi) is 2.91. The second-order valence-corrected chi connectivity index (χ2v) is 7.28. The predicted molar refractivity (Wildman–Crippen MR) is 84.5 cm³/mol. The zero-order chi connectivity index (χ0) is 14.5. The predicted octanol–water partition coefficient (Wildman–Crippen LogP) is 3.79. The van der Waals surface area contributed by atoms with Crippen LogP contribution in [0.15, 0.2) is 36.4 Å². The molecule has 106 valence electrons. The lowest BCUT2D eigenvalue weighted by Crippen LogP contribution is -2.28. The summed E-state index contributed by atoms with van der Waals surface area (Å²) < 4.78 is 0. The van der Waals surface area contributed by atoms with Gasteiger partial charge in [-0.2, -0.15) is 0 Å². The van der Waals surface area contributed by atoms with E-state index >= 15 is 0 Å². The number of nitrogens with two attached hydrogens (primary N) is 1. The molecule has 0 amide bonds. The molecule has 3 rings (SSSR count). The standard InChI is InChI=1S/C18H24N2/c1-17(2)16(18(17,3)4)14(19)11-13-10-9-12-7-5-6-8-15(12)20-13/h5-10,14,16H,11,19H2,1-4H3. The van der Waals surface area contributed by atoms with Gasteiger partial charge >= 0.3 is 0 Å². The van der Waals surface area contributed by atoms with Crippen LogP contribution in [0.4, 0.5) is 0 Å². The number of nitrogens with zero attached hydrogens (tertiary/aromatic N) is 1. The zero-order valence-electron chi connectivity index (χ0n) is 12.9. The van der Waals surface area contributed by atoms with Gasteiger partial charge in [0.15, 0.2) is 0 Å². The van der Waals surface area contributed by atoms with Gasteiger partial charge in [0, 0.05) is 23.5 Å². The maximum atomic E-state index is 6.47. The molecule has 2 heteroatoms. The molecule has 1 aromatic heterocycles. The Balaban J connectivity index is 1.80. The molecule has 0 saturated heterocycles. The first-order chi connectivity index (χ1) is 9.34. The van der Waals surface area contributed by atoms with Crippen LogP contribution in [0.5, 0.6) is 0 Å². The third-order valence-electron chi connectivity index (χ3n) is 5.66. The first kappa shape index (κ1) is 13.6. The van der Waals surface area contributed by atoms with Gasteiger partial charge in [0.1, 0.15) is 0 Å². The Labute approximate surface area is 121 Å². The van der Waals surface area contributed by atoms with Crippen molar-refractivity contribution in [2.45, 2.75) is 40.2 Å². The van der Waals surface area contributed by atoms with Crippen LogP contribution in [0, 0.1) is 16.7 Å². The fraction of sp³-hybridized carbons (Fsp3) is 0.500. The van der Waals surface area contributed by atoms with Crippen molar-refractivity contribution in [3.8, 4) is 0 Å². The summed E-state index contributed by atoms with van der Waals surface area (Å²) in [5.41, 5.74) is 9.31. The fourth-order valence-electron chi connectivity index (χ4n) is 3.90. The second-order valence-electron chi connectivity index (χ2n) is 7.28. The van der Waals surface area contributed by atoms with Gasteiger partial charge in [-0.05, 0) is 28.9 Å². The Morgan fingerprint density at radius 2 is 1.70 bits per heavy atom. The van der Waals surface area contributed by atoms with Crippen LogP contribution in [0.25, 0.3) is 10.9 Å². The maximum Gasteiger partial charge on any atom is 0.0705 e. The van der Waals surface area contributed by atoms with E-state index in [0.29, 0.717) is 16.7 Å². The van der Waals surface area contributed by atoms with Gasteiger partial charge in [-0.3, -0.25) is 4.98 Å². The van der Waals surface area contributed by atoms with Gasteiger partial charge in [-0.25, -0.2) is 0 Å². The Morgan fingerprint density at radius 1 is 1.05 bits per heavy atom. The lowest BCUT2D eigenvalue weighted by molar-refractivity contribution is 0.457. The van der Waals surface area contributed by atoms with Crippen LogP contribution in [0.2, 0.25) is 0 Å². The van der Waals surface area contributed by atoms with Gasteiger partial charge in [-0.15, -0.1) is 0 Å². The zero-order valence-corrected chi connectivity index (χ0v) is 12.9. The average molecular weight is 268 g/mol. The van der Waals surface area contributed by atoms with E-state index in [2.05, 4.69) is 52.0 Å². The summed E-state index contributed by atoms with van der Waals surface area (Å²) in [4.78, 5) is 4.74. The molecule has 1 aliphatic rings. The fourth-order valence-corrected chi connectivity index (χ4v) is 3.90. The van der Waals surface area contributed by atoms with Gasteiger partial charge in [0.05, 0.1) is 5.52 Å². The van der Waals surface area contributed by atoms with E-state index in [1.165, 1.54) is 5.39 Å². The van der Waals surface area contributed by atoms with Gasteiger partial charge in [0.25, 0.3) is 0 Å². The summed E-state index contributed by atoms with van der Waals surface area (Å²) in [6, 6.07) is 12.7. The lowest BCUT2D eigenvalue weighted by Gasteiger charge is -2.13. The normalized spacial score (nSPS) is 21.9. The number of hydrogen-bond donors (Lipinski definition) is 1. The number of pyridine rings is 1. The molecule has 20 heavy (non-hydrogen) atoms. The van der Waals surface area contributed by atoms with Crippen molar-refractivity contribution >= 4 is 10.9 Å². The minimum Gasteiger partial charge on any atom is -0.327 e. The molecule has 1 aliphatic carbocycles. The van der Waals surface area contributed by atoms with Crippen LogP contribution < -0.4 is 5.73 Å². The molecule has 1 fully saturated rings. The Hall–Kier alpha value is -1.41. The van der Waals surface area contributed by atoms with Crippen LogP contribution >= 0.6 is 0 Å². The van der Waals surface area contributed by atoms with Crippen molar-refractivity contribution < 1.29 is 0 Å². The molecule has 1 aromatic carbocycles. The van der Waals surface area contributed by atoms with Crippen molar-refractivity contribution in [3.05, 3.63) is 42.1 Å². The molecule has 2 nitrogen and oxygen atoms in total. The molecular formula is C18H24N2. The topological polar surface area (TPSA) is 38.9 Å². The number of aromatic nitrogens is 1. The highest BCUT2D eigenvalue weighted by Crippen LogP contribution is 2.69. The minimum absolute atomic E-state index is 0.189. The second kappa shape index (κ2) is 4.29. The minimum atomic E-state index is 0.189. The van der Waals surface area contributed by atoms with Crippen LogP contribution in [0.1, 0.15) is 33.4 Å². The molecule has 0 aliphatic heterocycles. The van der Waals surface area contributed by atoms with Crippen molar-refractivity contribution in [2.24, 2.45) is 22.5 Å². The number of fused-ring (bicyclic) bond motifs is 1. The van der Waals surface area contributed by atoms with Crippen molar-refractivity contribution in [1.82, 2.24) is 4.98 Å². The largest absolute Gasteiger partial charge is 0.327 e. The van der Waals surface area contributed by atoms with E-state index in [4.69, 9.17) is 10.7 Å². The molecule has 1 heterocycles. The molecule has 1 saturated carbocycles. The van der Waals surface area contributed by atoms with E-state index < -0.39 is 0 Å². The number of rotatable bonds is 3. The van der Waals surface area contributed by atoms with E-state index in [1.807, 2.05) is 12.1 Å². The number of para-hydroxylation sites is 1. The highest BCUT2D eigenvalue weighted by atomic mass is 14.8. The quantitative estimate of drug-likeness (QED) is 0.920. The van der Waals surface area contributed by atoms with Crippen LogP contribution in [-0.2, 0) is 6.42 Å². The van der Waals surface area contributed by atoms with E-state index in [1.54, 1.807) is 0 Å². The number of benzene rings is 1. The highest BCUT2D eigenvalue weighted by molar-refractivity contribution is 5.78. The van der Waals surface area contributed by atoms with Crippen molar-refractivity contribution in [3.63, 3.8) is 0 Å². The van der Waals surface area contributed by atoms with Gasteiger partial charge < -0.3 is 5.73 Å². The van der Waals surface area contributed by atoms with Crippen LogP contribution in [-0.4, -0.2) is 11.0 Å². The third kappa shape index (κ3) is 1.94. The van der Waals surface area contributed by atoms with Crippen molar-refractivity contribution in [2.75, 3.05) is 0 Å². The molecule has 1 unspecified atom stereocenters. The molecule has 0 bridgehead atoms. The van der Waals surface area contributed by atoms with E-state index in [0.717, 1.165) is 17.6 Å². The van der Waals surface area contributed by atoms with Crippen molar-refractivity contribution in [1.29, 1.82) is 0 Å². The summed E-state index contributed by atoms with van der Waals surface area (Å²) in [7, 11) is 0. The van der Waals surface area contributed by atoms with Gasteiger partial charge in [-0.1, -0.05) is 52.0 Å². The van der Waals surface area contributed by atoms with E-state index in [-0.39, 0.29) is 6.04 Å². The molecule has 2 N–H and O–H groups in total. The SMILES string of the molecule is CC1(C)C(C(N)Cc2ccc3ccccc3n2)C1(C)C. The maximum absolute atomic E-state index is 6.47. The smallest absolute Gasteiger partial charge is 0.0705 e. The molecule has 2 aromatic rings. The Bertz CT molecular complexity index is 629. The molecule has 0 spiro atoms. The molecule has 0 radical (unpaired) electrons. The average Bonchev–Trinajstić information content (AvgIpc) is 2.79. The lowest BCUT2D eigenvalue weighted by atomic mass is 10.00. The summed E-state index contributed by atoms with van der Waals surface area (Å²) >= 11 is 0. The van der Waals surface area contributed by atoms with Crippen LogP contribution in [0.3, 0.4) is 0 Å². The monoisotopic (exact) mass is 268 g/mol. The summed E-state index contributed by atoms with van der Waals surface area (Å²) in [6.45, 7) is 9.30. The Morgan fingerprint density at radius 3 is 2.35 bits per heavy atom. The van der Waals surface area contributed by atoms with E-state index in [9.17, 15) is 0 Å². The third-order valence-corrected chi connectivity index (χ3v) is 5.66. The molecule has 1 atom stereocenters. The first-order valence-electron chi connectivity index (χ1n) is 7.44. The van der Waals surface area contributed by atoms with Gasteiger partial charge in [0.2, 0.25) is 0 Å².